The molecule has 5 nitrogen and oxygen atoms in total. The Hall–Kier alpha value is -1.27. The zero-order valence-corrected chi connectivity index (χ0v) is 7.76. The van der Waals surface area contributed by atoms with Gasteiger partial charge in [-0.05, 0) is 19.1 Å². The second-order valence-electron chi connectivity index (χ2n) is 2.49. The molecule has 0 aliphatic carbocycles. The van der Waals surface area contributed by atoms with Crippen LogP contribution in [0, 0.1) is 6.92 Å². The fraction of sp³-hybridized carbons (Fsp3) is 0.143. The van der Waals surface area contributed by atoms with E-state index in [2.05, 4.69) is 4.18 Å². The summed E-state index contributed by atoms with van der Waals surface area (Å²) in [4.78, 5) is 0. The van der Waals surface area contributed by atoms with Gasteiger partial charge in [-0.25, -0.2) is 4.21 Å². The summed E-state index contributed by atoms with van der Waals surface area (Å²) >= 11 is -2.63. The van der Waals surface area contributed by atoms with E-state index < -0.39 is 11.4 Å². The zero-order valence-electron chi connectivity index (χ0n) is 6.94. The van der Waals surface area contributed by atoms with E-state index in [1.54, 1.807) is 13.0 Å². The lowest BCUT2D eigenvalue weighted by Crippen LogP contribution is -2.04. The molecule has 0 aliphatic rings. The normalized spacial score (nSPS) is 12.5. The minimum atomic E-state index is -2.63. The smallest absolute Gasteiger partial charge is 0.167 e. The van der Waals surface area contributed by atoms with Crippen molar-refractivity contribution in [1.82, 2.24) is 0 Å². The van der Waals surface area contributed by atoms with Gasteiger partial charge < -0.3 is 20.2 Å². The first-order valence-electron chi connectivity index (χ1n) is 3.44. The standard InChI is InChI=1S/C7H10N2O3S/c1-4-5(8)2-3-6(9)7(4)12-13(10)11/h2-3H,8-9H2,1H3,(H,10,11)/p-1. The maximum Gasteiger partial charge on any atom is 0.167 e. The van der Waals surface area contributed by atoms with Crippen LogP contribution in [0.2, 0.25) is 0 Å². The number of rotatable bonds is 2. The molecule has 0 radical (unpaired) electrons. The molecule has 0 fully saturated rings. The molecule has 0 saturated heterocycles. The third kappa shape index (κ3) is 2.10. The minimum Gasteiger partial charge on any atom is -0.740 e. The molecule has 0 aromatic heterocycles. The van der Waals surface area contributed by atoms with Crippen molar-refractivity contribution >= 4 is 22.7 Å². The molecule has 0 aliphatic heterocycles. The molecule has 1 unspecified atom stereocenters. The molecule has 1 atom stereocenters. The average molecular weight is 201 g/mol. The minimum absolute atomic E-state index is 0.0910. The highest BCUT2D eigenvalue weighted by Gasteiger charge is 2.07. The molecule has 1 rings (SSSR count). The van der Waals surface area contributed by atoms with E-state index >= 15 is 0 Å². The molecule has 4 N–H and O–H groups in total. The summed E-state index contributed by atoms with van der Waals surface area (Å²) < 4.78 is 25.0. The molecule has 6 heteroatoms. The molecule has 0 bridgehead atoms. The van der Waals surface area contributed by atoms with Crippen molar-refractivity contribution in [2.45, 2.75) is 6.92 Å². The molecular weight excluding hydrogens is 192 g/mol. The lowest BCUT2D eigenvalue weighted by atomic mass is 10.1. The number of nitrogens with two attached hydrogens (primary N) is 2. The summed E-state index contributed by atoms with van der Waals surface area (Å²) in [5.74, 6) is 0.0910. The SMILES string of the molecule is Cc1c(N)ccc(N)c1OS(=O)[O-]. The molecule has 1 aromatic carbocycles. The Morgan fingerprint density at radius 1 is 1.38 bits per heavy atom. The predicted molar refractivity (Wildman–Crippen MR) is 49.6 cm³/mol. The van der Waals surface area contributed by atoms with Crippen molar-refractivity contribution in [1.29, 1.82) is 0 Å². The van der Waals surface area contributed by atoms with Crippen molar-refractivity contribution < 1.29 is 12.9 Å². The Balaban J connectivity index is 3.17. The van der Waals surface area contributed by atoms with Gasteiger partial charge in [0.2, 0.25) is 0 Å². The Labute approximate surface area is 78.2 Å². The van der Waals surface area contributed by atoms with Gasteiger partial charge in [-0.15, -0.1) is 0 Å². The van der Waals surface area contributed by atoms with Crippen LogP contribution in [-0.4, -0.2) is 8.76 Å². The summed E-state index contributed by atoms with van der Waals surface area (Å²) in [5, 5.41) is 0. The highest BCUT2D eigenvalue weighted by atomic mass is 32.2. The zero-order chi connectivity index (χ0) is 10.0. The van der Waals surface area contributed by atoms with E-state index in [-0.39, 0.29) is 11.4 Å². The molecule has 0 spiro atoms. The van der Waals surface area contributed by atoms with Crippen LogP contribution < -0.4 is 15.7 Å². The highest BCUT2D eigenvalue weighted by molar-refractivity contribution is 7.74. The molecule has 13 heavy (non-hydrogen) atoms. The van der Waals surface area contributed by atoms with Gasteiger partial charge in [0.05, 0.1) is 5.69 Å². The lowest BCUT2D eigenvalue weighted by molar-refractivity contribution is 0.440. The van der Waals surface area contributed by atoms with Gasteiger partial charge in [-0.1, -0.05) is 0 Å². The number of hydrogen-bond acceptors (Lipinski definition) is 5. The van der Waals surface area contributed by atoms with Crippen LogP contribution in [0.15, 0.2) is 12.1 Å². The Morgan fingerprint density at radius 2 is 1.92 bits per heavy atom. The van der Waals surface area contributed by atoms with Crippen LogP contribution in [0.25, 0.3) is 0 Å². The van der Waals surface area contributed by atoms with Gasteiger partial charge >= 0.3 is 0 Å². The van der Waals surface area contributed by atoms with Crippen molar-refractivity contribution in [3.05, 3.63) is 17.7 Å². The van der Waals surface area contributed by atoms with E-state index in [1.807, 2.05) is 0 Å². The Bertz CT molecular complexity index is 354. The number of hydrogen-bond donors (Lipinski definition) is 2. The van der Waals surface area contributed by atoms with Crippen molar-refractivity contribution in [3.8, 4) is 5.75 Å². The maximum absolute atomic E-state index is 10.3. The Kier molecular flexibility index (Phi) is 2.74. The third-order valence-electron chi connectivity index (χ3n) is 1.63. The third-order valence-corrected chi connectivity index (χ3v) is 1.93. The number of benzene rings is 1. The monoisotopic (exact) mass is 201 g/mol. The molecule has 72 valence electrons. The summed E-state index contributed by atoms with van der Waals surface area (Å²) in [6.07, 6.45) is 0. The first kappa shape index (κ1) is 9.82. The van der Waals surface area contributed by atoms with Crippen LogP contribution in [0.1, 0.15) is 5.56 Å². The van der Waals surface area contributed by atoms with Crippen LogP contribution in [0.3, 0.4) is 0 Å². The molecule has 0 saturated carbocycles. The van der Waals surface area contributed by atoms with E-state index in [0.717, 1.165) is 0 Å². The van der Waals surface area contributed by atoms with Crippen LogP contribution in [0.4, 0.5) is 11.4 Å². The van der Waals surface area contributed by atoms with E-state index in [9.17, 15) is 8.76 Å². The second-order valence-corrected chi connectivity index (χ2v) is 3.06. The Morgan fingerprint density at radius 3 is 2.46 bits per heavy atom. The van der Waals surface area contributed by atoms with Gasteiger partial charge in [-0.2, -0.15) is 0 Å². The van der Waals surface area contributed by atoms with Crippen LogP contribution in [0.5, 0.6) is 5.75 Å². The molecule has 0 heterocycles. The maximum atomic E-state index is 10.3. The average Bonchev–Trinajstić information content (AvgIpc) is 2.05. The van der Waals surface area contributed by atoms with Crippen LogP contribution in [-0.2, 0) is 11.4 Å². The van der Waals surface area contributed by atoms with Crippen molar-refractivity contribution in [2.24, 2.45) is 0 Å². The fourth-order valence-electron chi connectivity index (χ4n) is 0.907. The summed E-state index contributed by atoms with van der Waals surface area (Å²) in [7, 11) is 0. The number of nitrogen functional groups attached to an aromatic ring is 2. The summed E-state index contributed by atoms with van der Waals surface area (Å²) in [6.45, 7) is 1.63. The summed E-state index contributed by atoms with van der Waals surface area (Å²) in [5.41, 5.74) is 12.2. The second kappa shape index (κ2) is 3.63. The van der Waals surface area contributed by atoms with Gasteiger partial charge in [0.25, 0.3) is 0 Å². The van der Waals surface area contributed by atoms with Gasteiger partial charge in [0.15, 0.2) is 5.75 Å². The first-order valence-corrected chi connectivity index (χ1v) is 4.44. The van der Waals surface area contributed by atoms with E-state index in [1.165, 1.54) is 6.07 Å². The predicted octanol–water partition coefficient (Wildman–Crippen LogP) is 0.332. The van der Waals surface area contributed by atoms with E-state index in [4.69, 9.17) is 11.5 Å². The lowest BCUT2D eigenvalue weighted by Gasteiger charge is -2.13. The quantitative estimate of drug-likeness (QED) is 0.530. The van der Waals surface area contributed by atoms with Crippen LogP contribution >= 0.6 is 0 Å². The van der Waals surface area contributed by atoms with E-state index in [0.29, 0.717) is 11.3 Å². The molecular formula is C7H9N2O3S-. The summed E-state index contributed by atoms with van der Waals surface area (Å²) in [6, 6.07) is 3.08. The molecule has 0 amide bonds. The largest absolute Gasteiger partial charge is 0.740 e. The molecule has 1 aromatic rings. The topological polar surface area (TPSA) is 101 Å². The van der Waals surface area contributed by atoms with Gasteiger partial charge in [0.1, 0.15) is 11.4 Å². The van der Waals surface area contributed by atoms with Crippen molar-refractivity contribution in [3.63, 3.8) is 0 Å². The first-order chi connectivity index (χ1) is 6.02. The van der Waals surface area contributed by atoms with Gasteiger partial charge in [-0.3, -0.25) is 0 Å². The van der Waals surface area contributed by atoms with Gasteiger partial charge in [0, 0.05) is 11.3 Å². The van der Waals surface area contributed by atoms with Crippen molar-refractivity contribution in [2.75, 3.05) is 11.5 Å². The number of anilines is 2. The fourth-order valence-corrected chi connectivity index (χ4v) is 1.26. The highest BCUT2D eigenvalue weighted by Crippen LogP contribution is 2.30.